The topological polar surface area (TPSA) is 105 Å². The maximum Gasteiger partial charge on any atom is 0.472 e. The summed E-state index contributed by atoms with van der Waals surface area (Å²) in [6.07, 6.45) is 101. The van der Waals surface area contributed by atoms with Gasteiger partial charge < -0.3 is 19.8 Å². The average molecular weight is 1230 g/mol. The predicted octanol–water partition coefficient (Wildman–Crippen LogP) is 23.6. The summed E-state index contributed by atoms with van der Waals surface area (Å²) < 4.78 is 23.8. The highest BCUT2D eigenvalue weighted by Gasteiger charge is 2.28. The fraction of sp³-hybridized carbons (Fsp3) is 0.731. The molecule has 1 amide bonds. The molecule has 0 heterocycles. The first-order chi connectivity index (χ1) is 42.5. The number of nitrogens with one attached hydrogen (secondary N) is 1. The van der Waals surface area contributed by atoms with Gasteiger partial charge in [-0.05, 0) is 103 Å². The predicted molar refractivity (Wildman–Crippen MR) is 382 cm³/mol. The van der Waals surface area contributed by atoms with E-state index < -0.39 is 20.0 Å². The number of allylic oxidation sites excluding steroid dienone is 19. The molecule has 502 valence electrons. The lowest BCUT2D eigenvalue weighted by Gasteiger charge is -2.25. The van der Waals surface area contributed by atoms with Gasteiger partial charge in [0.05, 0.1) is 39.9 Å². The van der Waals surface area contributed by atoms with Crippen LogP contribution in [0.4, 0.5) is 0 Å². The average Bonchev–Trinajstić information content (AvgIpc) is 3.71. The molecule has 0 aromatic heterocycles. The number of phosphoric ester groups is 1. The highest BCUT2D eigenvalue weighted by atomic mass is 31.2. The quantitative estimate of drug-likeness (QED) is 0.0243. The van der Waals surface area contributed by atoms with Crippen molar-refractivity contribution in [2.75, 3.05) is 40.9 Å². The molecule has 9 heteroatoms. The van der Waals surface area contributed by atoms with Crippen molar-refractivity contribution in [2.24, 2.45) is 0 Å². The summed E-state index contributed by atoms with van der Waals surface area (Å²) in [7, 11) is 1.55. The molecule has 0 bridgehead atoms. The summed E-state index contributed by atoms with van der Waals surface area (Å²) in [5, 5.41) is 14.0. The molecule has 3 unspecified atom stereocenters. The Morgan fingerprint density at radius 3 is 1.06 bits per heavy atom. The van der Waals surface area contributed by atoms with Gasteiger partial charge in [-0.1, -0.05) is 328 Å². The van der Waals surface area contributed by atoms with E-state index in [1.807, 2.05) is 27.2 Å². The monoisotopic (exact) mass is 1230 g/mol. The van der Waals surface area contributed by atoms with E-state index in [9.17, 15) is 19.4 Å². The fourth-order valence-electron chi connectivity index (χ4n) is 10.3. The number of nitrogens with zero attached hydrogens (tertiary/aromatic N) is 1. The zero-order valence-corrected chi connectivity index (χ0v) is 58.4. The van der Waals surface area contributed by atoms with Gasteiger partial charge in [-0.15, -0.1) is 0 Å². The molecule has 0 aliphatic rings. The summed E-state index contributed by atoms with van der Waals surface area (Å²) in [4.78, 5) is 23.4. The Morgan fingerprint density at radius 2 is 0.701 bits per heavy atom. The maximum absolute atomic E-state index is 13.1. The molecule has 0 spiro atoms. The van der Waals surface area contributed by atoms with Crippen LogP contribution in [0.3, 0.4) is 0 Å². The molecule has 0 saturated heterocycles. The van der Waals surface area contributed by atoms with Crippen molar-refractivity contribution >= 4 is 13.7 Å². The third kappa shape index (κ3) is 70.2. The van der Waals surface area contributed by atoms with Crippen LogP contribution in [0, 0.1) is 0 Å². The molecule has 0 radical (unpaired) electrons. The second kappa shape index (κ2) is 67.3. The Morgan fingerprint density at radius 1 is 0.402 bits per heavy atom. The molecule has 3 N–H and O–H groups in total. The molecule has 0 aliphatic carbocycles. The molecule has 0 aromatic carbocycles. The van der Waals surface area contributed by atoms with Gasteiger partial charge in [0.15, 0.2) is 0 Å². The standard InChI is InChI=1S/C78H139N2O6P/c1-6-8-10-12-14-16-18-20-22-24-26-28-30-32-33-34-35-36-37-38-39-40-41-42-43-44-45-46-47-48-50-52-54-56-58-60-62-64-66-68-70-72-78(82)79-76(75-86-87(83,84)85-74-73-80(3,4)5)77(81)71-69-67-65-63-61-59-57-55-53-51-49-31-29-27-25-23-21-19-17-15-13-11-9-7-2/h8,10,14,16,20,22,26,28,32-33,35-36,38-39,53,55,61,63,69,71,76-77,81H,6-7,9,11-13,15,17-19,21,23-25,27,29-31,34,37,40-52,54,56-60,62,64-68,70,72-75H2,1-5H3,(H-,79,82,83,84)/p+1/b10-8-,16-14-,22-20-,28-26-,33-32-,36-35-,39-38-,55-53+,63-61+,71-69+. The van der Waals surface area contributed by atoms with Gasteiger partial charge >= 0.3 is 7.82 Å². The normalized spacial score (nSPS) is 14.3. The second-order valence-corrected chi connectivity index (χ2v) is 27.0. The van der Waals surface area contributed by atoms with Crippen LogP contribution in [-0.4, -0.2) is 73.4 Å². The van der Waals surface area contributed by atoms with E-state index in [1.54, 1.807) is 6.08 Å². The van der Waals surface area contributed by atoms with Crippen LogP contribution in [0.2, 0.25) is 0 Å². The molecule has 8 nitrogen and oxygen atoms in total. The second-order valence-electron chi connectivity index (χ2n) is 25.6. The Balaban J connectivity index is 4.05. The lowest BCUT2D eigenvalue weighted by Crippen LogP contribution is -2.45. The Bertz CT molecular complexity index is 1840. The summed E-state index contributed by atoms with van der Waals surface area (Å²) in [5.74, 6) is -0.190. The van der Waals surface area contributed by atoms with Crippen LogP contribution in [-0.2, 0) is 18.4 Å². The number of hydrogen-bond donors (Lipinski definition) is 3. The van der Waals surface area contributed by atoms with Crippen LogP contribution in [0.15, 0.2) is 122 Å². The molecule has 0 fully saturated rings. The highest BCUT2D eigenvalue weighted by Crippen LogP contribution is 2.43. The van der Waals surface area contributed by atoms with E-state index in [1.165, 1.54) is 205 Å². The Labute approximate surface area is 539 Å². The minimum Gasteiger partial charge on any atom is -0.387 e. The van der Waals surface area contributed by atoms with Crippen LogP contribution in [0.1, 0.15) is 316 Å². The van der Waals surface area contributed by atoms with Crippen LogP contribution >= 0.6 is 7.82 Å². The zero-order valence-electron chi connectivity index (χ0n) is 57.5. The third-order valence-electron chi connectivity index (χ3n) is 15.9. The highest BCUT2D eigenvalue weighted by molar-refractivity contribution is 7.47. The van der Waals surface area contributed by atoms with Gasteiger partial charge in [0.25, 0.3) is 0 Å². The fourth-order valence-corrected chi connectivity index (χ4v) is 11.0. The van der Waals surface area contributed by atoms with E-state index in [4.69, 9.17) is 9.05 Å². The Kier molecular flexibility index (Phi) is 64.9. The zero-order chi connectivity index (χ0) is 63.4. The number of aliphatic hydroxyl groups excluding tert-OH is 1. The van der Waals surface area contributed by atoms with Gasteiger partial charge in [-0.2, -0.15) is 0 Å². The minimum absolute atomic E-state index is 0.0506. The molecule has 0 aromatic rings. The first-order valence-corrected chi connectivity index (χ1v) is 37.9. The number of aliphatic hydroxyl groups is 1. The van der Waals surface area contributed by atoms with E-state index in [2.05, 4.69) is 129 Å². The van der Waals surface area contributed by atoms with Crippen LogP contribution in [0.5, 0.6) is 0 Å². The van der Waals surface area contributed by atoms with Gasteiger partial charge in [-0.25, -0.2) is 4.57 Å². The summed E-state index contributed by atoms with van der Waals surface area (Å²) in [6.45, 7) is 4.70. The van der Waals surface area contributed by atoms with Crippen molar-refractivity contribution in [1.29, 1.82) is 0 Å². The van der Waals surface area contributed by atoms with Crippen molar-refractivity contribution in [3.63, 3.8) is 0 Å². The molecule has 3 atom stereocenters. The minimum atomic E-state index is -4.37. The van der Waals surface area contributed by atoms with Crippen molar-refractivity contribution in [1.82, 2.24) is 5.32 Å². The third-order valence-corrected chi connectivity index (χ3v) is 16.9. The number of carbonyl (C=O) groups excluding carboxylic acids is 1. The summed E-state index contributed by atoms with van der Waals surface area (Å²) in [5.41, 5.74) is 0. The first kappa shape index (κ1) is 83.9. The van der Waals surface area contributed by atoms with E-state index >= 15 is 0 Å². The van der Waals surface area contributed by atoms with Gasteiger partial charge in [0, 0.05) is 6.42 Å². The van der Waals surface area contributed by atoms with Gasteiger partial charge in [-0.3, -0.25) is 13.8 Å². The maximum atomic E-state index is 13.1. The van der Waals surface area contributed by atoms with Crippen molar-refractivity contribution < 1.29 is 32.9 Å². The summed E-state index contributed by atoms with van der Waals surface area (Å²) >= 11 is 0. The molecule has 0 rings (SSSR count). The molecule has 87 heavy (non-hydrogen) atoms. The van der Waals surface area contributed by atoms with E-state index in [0.29, 0.717) is 17.4 Å². The smallest absolute Gasteiger partial charge is 0.387 e. The van der Waals surface area contributed by atoms with Crippen molar-refractivity contribution in [3.05, 3.63) is 122 Å². The number of unbranched alkanes of at least 4 members (excludes halogenated alkanes) is 35. The van der Waals surface area contributed by atoms with Crippen molar-refractivity contribution in [2.45, 2.75) is 328 Å². The summed E-state index contributed by atoms with van der Waals surface area (Å²) in [6, 6.07) is -0.876. The lowest BCUT2D eigenvalue weighted by atomic mass is 10.0. The van der Waals surface area contributed by atoms with Gasteiger partial charge in [0.2, 0.25) is 5.91 Å². The van der Waals surface area contributed by atoms with Gasteiger partial charge in [0.1, 0.15) is 13.2 Å². The SMILES string of the molecule is CC/C=C\C/C=C\C/C=C\C/C=C\C/C=C\C/C=C\C/C=C\CCCCCCCCCCCCCCCCCCCCCC(=O)NC(COP(=O)(O)OCC[N+](C)(C)C)C(O)/C=C/CC/C=C/CC/C=C/CCCCCCCCCCCCCCCC. The number of amides is 1. The van der Waals surface area contributed by atoms with Crippen molar-refractivity contribution in [3.8, 4) is 0 Å². The number of carbonyl (C=O) groups is 1. The molecule has 0 aliphatic heterocycles. The first-order valence-electron chi connectivity index (χ1n) is 36.4. The number of hydrogen-bond acceptors (Lipinski definition) is 5. The number of phosphoric acid groups is 1. The number of rotatable bonds is 66. The molecule has 0 saturated carbocycles. The largest absolute Gasteiger partial charge is 0.472 e. The lowest BCUT2D eigenvalue weighted by molar-refractivity contribution is -0.870. The van der Waals surface area contributed by atoms with E-state index in [0.717, 1.165) is 89.9 Å². The van der Waals surface area contributed by atoms with Crippen LogP contribution < -0.4 is 5.32 Å². The number of quaternary nitrogens is 1. The van der Waals surface area contributed by atoms with E-state index in [-0.39, 0.29) is 19.1 Å². The van der Waals surface area contributed by atoms with Crippen LogP contribution in [0.25, 0.3) is 0 Å². The molecular formula is C78H140N2O6P+. The number of likely N-dealkylation sites (N-methyl/N-ethyl adjacent to an activating group) is 1. The molecular weight excluding hydrogens is 1090 g/mol. The Hall–Kier alpha value is -3.10.